The van der Waals surface area contributed by atoms with E-state index >= 15 is 0 Å². The third kappa shape index (κ3) is 3.63. The lowest BCUT2D eigenvalue weighted by atomic mass is 10.1. The van der Waals surface area contributed by atoms with Gasteiger partial charge in [-0.05, 0) is 29.8 Å². The predicted octanol–water partition coefficient (Wildman–Crippen LogP) is 7.02. The molecule has 0 unspecified atom stereocenters. The van der Waals surface area contributed by atoms with Crippen LogP contribution in [0.2, 0.25) is 0 Å². The second-order valence-electron chi connectivity index (χ2n) is 5.34. The molecule has 0 amide bonds. The Kier molecular flexibility index (Phi) is 4.88. The van der Waals surface area contributed by atoms with Crippen LogP contribution in [0.25, 0.3) is 31.6 Å². The van der Waals surface area contributed by atoms with Crippen LogP contribution in [0.15, 0.2) is 82.2 Å². The minimum absolute atomic E-state index is 1.08. The molecule has 0 N–H and O–H groups in total. The number of hydrogen-bond donors (Lipinski definition) is 0. The van der Waals surface area contributed by atoms with Crippen molar-refractivity contribution in [1.82, 2.24) is 9.97 Å². The molecule has 0 saturated heterocycles. The second kappa shape index (κ2) is 7.44. The molecule has 3 aromatic carbocycles. The molecule has 2 aromatic heterocycles. The van der Waals surface area contributed by atoms with Crippen molar-refractivity contribution in [3.05, 3.63) is 82.2 Å². The summed E-state index contributed by atoms with van der Waals surface area (Å²) in [4.78, 5) is 8.57. The smallest absolute Gasteiger partial charge is 0.0890 e. The zero-order chi connectivity index (χ0) is 17.1. The summed E-state index contributed by atoms with van der Waals surface area (Å²) in [7, 11) is 0. The first kappa shape index (κ1) is 16.4. The average molecular weight is 425 g/mol. The number of rotatable bonds is 1. The molecule has 0 fully saturated rings. The molecule has 0 bridgehead atoms. The number of hydrogen-bond acceptors (Lipinski definition) is 4. The van der Waals surface area contributed by atoms with Gasteiger partial charge >= 0.3 is 0 Å². The first-order chi connectivity index (χ1) is 12.3. The van der Waals surface area contributed by atoms with E-state index in [0.29, 0.717) is 0 Å². The van der Waals surface area contributed by atoms with E-state index in [9.17, 15) is 0 Å². The minimum atomic E-state index is 1.08. The van der Waals surface area contributed by atoms with E-state index in [0.717, 1.165) is 15.5 Å². The van der Waals surface area contributed by atoms with Gasteiger partial charge in [0.05, 0.1) is 31.5 Å². The average Bonchev–Trinajstić information content (AvgIpc) is 3.31. The highest BCUT2D eigenvalue weighted by Crippen LogP contribution is 2.29. The number of aromatic nitrogens is 2. The lowest BCUT2D eigenvalue weighted by Crippen LogP contribution is -1.78. The van der Waals surface area contributed by atoms with E-state index in [1.54, 1.807) is 22.7 Å². The van der Waals surface area contributed by atoms with Gasteiger partial charge in [0.25, 0.3) is 0 Å². The standard InChI is InChI=1S/C13H9NS.C7H4BrNS/c1-2-5-10(6-3-1)11-7-4-8-12-13(11)14-9-15-12;8-5-1-2-6-7(3-5)10-4-9-6/h1-9H;1-4H. The van der Waals surface area contributed by atoms with Crippen LogP contribution in [-0.2, 0) is 0 Å². The highest BCUT2D eigenvalue weighted by Gasteiger charge is 2.04. The molecule has 0 saturated carbocycles. The van der Waals surface area contributed by atoms with Crippen LogP contribution in [0.5, 0.6) is 0 Å². The van der Waals surface area contributed by atoms with Crippen LogP contribution < -0.4 is 0 Å². The molecule has 5 heteroatoms. The number of nitrogens with zero attached hydrogens (tertiary/aromatic N) is 2. The zero-order valence-electron chi connectivity index (χ0n) is 13.1. The largest absolute Gasteiger partial charge is 0.245 e. The van der Waals surface area contributed by atoms with Gasteiger partial charge in [-0.15, -0.1) is 22.7 Å². The molecule has 0 spiro atoms. The Morgan fingerprint density at radius 2 is 1.52 bits per heavy atom. The summed E-state index contributed by atoms with van der Waals surface area (Å²) in [6, 6.07) is 22.8. The molecule has 5 aromatic rings. The summed E-state index contributed by atoms with van der Waals surface area (Å²) in [6.45, 7) is 0. The van der Waals surface area contributed by atoms with E-state index in [1.165, 1.54) is 20.5 Å². The van der Waals surface area contributed by atoms with Crippen molar-refractivity contribution in [1.29, 1.82) is 0 Å². The Labute approximate surface area is 162 Å². The van der Waals surface area contributed by atoms with Gasteiger partial charge in [-0.2, -0.15) is 0 Å². The molecule has 0 aliphatic rings. The summed E-state index contributed by atoms with van der Waals surface area (Å²) < 4.78 is 3.59. The zero-order valence-corrected chi connectivity index (χ0v) is 16.3. The minimum Gasteiger partial charge on any atom is -0.245 e. The monoisotopic (exact) mass is 424 g/mol. The summed E-state index contributed by atoms with van der Waals surface area (Å²) >= 11 is 6.74. The van der Waals surface area contributed by atoms with Crippen LogP contribution in [-0.4, -0.2) is 9.97 Å². The SMILES string of the molecule is Brc1ccc2ncsc2c1.c1ccc(-c2cccc3scnc23)cc1. The van der Waals surface area contributed by atoms with Crippen molar-refractivity contribution in [2.24, 2.45) is 0 Å². The number of para-hydroxylation sites is 1. The van der Waals surface area contributed by atoms with Crippen LogP contribution in [0.1, 0.15) is 0 Å². The van der Waals surface area contributed by atoms with Gasteiger partial charge in [0.15, 0.2) is 0 Å². The van der Waals surface area contributed by atoms with Crippen molar-refractivity contribution in [3.8, 4) is 11.1 Å². The molecule has 122 valence electrons. The molecular formula is C20H13BrN2S2. The molecule has 0 aliphatic heterocycles. The van der Waals surface area contributed by atoms with Crippen molar-refractivity contribution in [2.45, 2.75) is 0 Å². The van der Waals surface area contributed by atoms with Gasteiger partial charge in [0, 0.05) is 10.0 Å². The number of benzene rings is 3. The van der Waals surface area contributed by atoms with E-state index in [1.807, 2.05) is 29.2 Å². The number of thiazole rings is 2. The highest BCUT2D eigenvalue weighted by atomic mass is 79.9. The van der Waals surface area contributed by atoms with Crippen LogP contribution >= 0.6 is 38.6 Å². The molecule has 2 heterocycles. The first-order valence-electron chi connectivity index (χ1n) is 7.67. The van der Waals surface area contributed by atoms with Gasteiger partial charge in [-0.3, -0.25) is 0 Å². The third-order valence-electron chi connectivity index (χ3n) is 3.74. The van der Waals surface area contributed by atoms with E-state index < -0.39 is 0 Å². The van der Waals surface area contributed by atoms with Gasteiger partial charge in [-0.1, -0.05) is 58.4 Å². The lowest BCUT2D eigenvalue weighted by molar-refractivity contribution is 1.49. The fraction of sp³-hybridized carbons (Fsp3) is 0. The maximum absolute atomic E-state index is 4.41. The van der Waals surface area contributed by atoms with Crippen molar-refractivity contribution in [3.63, 3.8) is 0 Å². The molecule has 25 heavy (non-hydrogen) atoms. The Morgan fingerprint density at radius 1 is 0.720 bits per heavy atom. The van der Waals surface area contributed by atoms with Crippen molar-refractivity contribution in [2.75, 3.05) is 0 Å². The lowest BCUT2D eigenvalue weighted by Gasteiger charge is -2.01. The Hall–Kier alpha value is -2.08. The number of fused-ring (bicyclic) bond motifs is 2. The summed E-state index contributed by atoms with van der Waals surface area (Å²) in [6.07, 6.45) is 0. The molecule has 0 aliphatic carbocycles. The first-order valence-corrected chi connectivity index (χ1v) is 10.2. The summed E-state index contributed by atoms with van der Waals surface area (Å²) in [5.74, 6) is 0. The number of halogens is 1. The van der Waals surface area contributed by atoms with Crippen LogP contribution in [0.3, 0.4) is 0 Å². The van der Waals surface area contributed by atoms with Crippen molar-refractivity contribution >= 4 is 59.0 Å². The summed E-state index contributed by atoms with van der Waals surface area (Å²) in [5, 5.41) is 0. The second-order valence-corrected chi connectivity index (χ2v) is 8.02. The van der Waals surface area contributed by atoms with E-state index in [-0.39, 0.29) is 0 Å². The maximum Gasteiger partial charge on any atom is 0.0890 e. The van der Waals surface area contributed by atoms with Gasteiger partial charge in [-0.25, -0.2) is 9.97 Å². The fourth-order valence-corrected chi connectivity index (χ4v) is 4.50. The molecule has 0 atom stereocenters. The molecule has 2 nitrogen and oxygen atoms in total. The Morgan fingerprint density at radius 3 is 2.40 bits per heavy atom. The molecule has 5 rings (SSSR count). The van der Waals surface area contributed by atoms with Gasteiger partial charge in [0.1, 0.15) is 0 Å². The van der Waals surface area contributed by atoms with Gasteiger partial charge in [0.2, 0.25) is 0 Å². The fourth-order valence-electron chi connectivity index (χ4n) is 2.57. The third-order valence-corrected chi connectivity index (χ3v) is 5.82. The quantitative estimate of drug-likeness (QED) is 0.288. The highest BCUT2D eigenvalue weighted by molar-refractivity contribution is 9.10. The van der Waals surface area contributed by atoms with Crippen LogP contribution in [0, 0.1) is 0 Å². The van der Waals surface area contributed by atoms with E-state index in [2.05, 4.69) is 74.4 Å². The van der Waals surface area contributed by atoms with Crippen LogP contribution in [0.4, 0.5) is 0 Å². The molecule has 0 radical (unpaired) electrons. The molecular weight excluding hydrogens is 412 g/mol. The Bertz CT molecular complexity index is 1120. The topological polar surface area (TPSA) is 25.8 Å². The Balaban J connectivity index is 0.000000136. The normalized spacial score (nSPS) is 10.6. The van der Waals surface area contributed by atoms with Gasteiger partial charge < -0.3 is 0 Å². The van der Waals surface area contributed by atoms with E-state index in [4.69, 9.17) is 0 Å². The van der Waals surface area contributed by atoms with Crippen molar-refractivity contribution < 1.29 is 0 Å². The predicted molar refractivity (Wildman–Crippen MR) is 112 cm³/mol. The summed E-state index contributed by atoms with van der Waals surface area (Å²) in [5.41, 5.74) is 8.39. The maximum atomic E-state index is 4.41.